The molecule has 0 saturated carbocycles. The van der Waals surface area contributed by atoms with Crippen molar-refractivity contribution in [1.82, 2.24) is 0 Å². The molecule has 0 N–H and O–H groups in total. The van der Waals surface area contributed by atoms with Crippen LogP contribution < -0.4 is 0 Å². The molecule has 0 saturated heterocycles. The molecule has 158 valence electrons. The van der Waals surface area contributed by atoms with E-state index >= 15 is 0 Å². The summed E-state index contributed by atoms with van der Waals surface area (Å²) in [6.45, 7) is 29.5. The summed E-state index contributed by atoms with van der Waals surface area (Å²) in [6, 6.07) is 0. The van der Waals surface area contributed by atoms with Crippen molar-refractivity contribution < 1.29 is 13.2 Å². The van der Waals surface area contributed by atoms with Gasteiger partial charge in [-0.15, -0.1) is 0 Å². The third-order valence-electron chi connectivity index (χ3n) is 4.50. The summed E-state index contributed by atoms with van der Waals surface area (Å²) in [5, 5.41) is 0. The molecule has 1 unspecified atom stereocenters. The molecule has 0 aromatic rings. The minimum absolute atomic E-state index is 0.0479. The Balaban J connectivity index is 5.12. The maximum absolute atomic E-state index is 14.5. The van der Waals surface area contributed by atoms with E-state index in [0.29, 0.717) is 11.5 Å². The normalized spacial score (nSPS) is 13.9. The van der Waals surface area contributed by atoms with E-state index in [-0.39, 0.29) is 33.8 Å². The Hall–Kier alpha value is -2.55. The van der Waals surface area contributed by atoms with Gasteiger partial charge in [-0.25, -0.2) is 13.2 Å². The van der Waals surface area contributed by atoms with Gasteiger partial charge in [0.25, 0.3) is 0 Å². The summed E-state index contributed by atoms with van der Waals surface area (Å²) in [4.78, 5) is 0. The zero-order chi connectivity index (χ0) is 22.9. The van der Waals surface area contributed by atoms with Crippen molar-refractivity contribution in [1.29, 1.82) is 0 Å². The lowest BCUT2D eigenvalue weighted by atomic mass is 9.92. The second-order valence-electron chi connectivity index (χ2n) is 7.69. The van der Waals surface area contributed by atoms with Crippen molar-refractivity contribution in [3.05, 3.63) is 109 Å². The highest BCUT2D eigenvalue weighted by molar-refractivity contribution is 5.53. The van der Waals surface area contributed by atoms with Crippen LogP contribution in [0.25, 0.3) is 0 Å². The molecule has 0 spiro atoms. The van der Waals surface area contributed by atoms with Gasteiger partial charge in [0.2, 0.25) is 0 Å². The zero-order valence-corrected chi connectivity index (χ0v) is 18.2. The predicted octanol–water partition coefficient (Wildman–Crippen LogP) is 8.98. The molecule has 0 aliphatic carbocycles. The lowest BCUT2D eigenvalue weighted by molar-refractivity contribution is 0.493. The Morgan fingerprint density at radius 2 is 1.24 bits per heavy atom. The summed E-state index contributed by atoms with van der Waals surface area (Å²) < 4.78 is 42.1. The van der Waals surface area contributed by atoms with E-state index in [4.69, 9.17) is 0 Å². The fourth-order valence-electron chi connectivity index (χ4n) is 2.18. The molecule has 0 fully saturated rings. The summed E-state index contributed by atoms with van der Waals surface area (Å²) in [5.41, 5.74) is 0.906. The van der Waals surface area contributed by atoms with Crippen molar-refractivity contribution in [2.24, 2.45) is 11.8 Å². The third-order valence-corrected chi connectivity index (χ3v) is 4.50. The van der Waals surface area contributed by atoms with E-state index in [1.807, 2.05) is 6.92 Å². The number of rotatable bonds is 12. The highest BCUT2D eigenvalue weighted by Gasteiger charge is 2.13. The third kappa shape index (κ3) is 8.99. The van der Waals surface area contributed by atoms with Gasteiger partial charge >= 0.3 is 0 Å². The van der Waals surface area contributed by atoms with E-state index in [2.05, 4.69) is 53.3 Å². The van der Waals surface area contributed by atoms with Crippen LogP contribution in [0.1, 0.15) is 40.5 Å². The number of allylic oxidation sites excluding steroid dienone is 12. The lowest BCUT2D eigenvalue weighted by Crippen LogP contribution is -2.00. The first-order valence-electron chi connectivity index (χ1n) is 9.51. The molecule has 29 heavy (non-hydrogen) atoms. The highest BCUT2D eigenvalue weighted by Crippen LogP contribution is 2.28. The van der Waals surface area contributed by atoms with Crippen LogP contribution in [0.2, 0.25) is 0 Å². The van der Waals surface area contributed by atoms with E-state index in [1.165, 1.54) is 25.2 Å². The van der Waals surface area contributed by atoms with Gasteiger partial charge in [-0.1, -0.05) is 78.8 Å². The molecule has 0 aliphatic heterocycles. The number of hydrogen-bond acceptors (Lipinski definition) is 0. The molecule has 0 aromatic heterocycles. The van der Waals surface area contributed by atoms with Crippen LogP contribution in [-0.2, 0) is 0 Å². The smallest absolute Gasteiger partial charge is 0.166 e. The Labute approximate surface area is 174 Å². The van der Waals surface area contributed by atoms with E-state index in [9.17, 15) is 13.2 Å². The van der Waals surface area contributed by atoms with Crippen LogP contribution in [0.15, 0.2) is 109 Å². The molecule has 0 radical (unpaired) electrons. The molecular weight excluding hydrogens is 369 g/mol. The summed E-state index contributed by atoms with van der Waals surface area (Å²) in [5.74, 6) is -2.02. The first kappa shape index (κ1) is 26.5. The van der Waals surface area contributed by atoms with Crippen LogP contribution in [0.5, 0.6) is 0 Å². The monoisotopic (exact) mass is 402 g/mol. The van der Waals surface area contributed by atoms with E-state index < -0.39 is 17.5 Å². The van der Waals surface area contributed by atoms with Gasteiger partial charge in [0.1, 0.15) is 5.83 Å². The highest BCUT2D eigenvalue weighted by atomic mass is 19.2. The molecule has 1 atom stereocenters. The van der Waals surface area contributed by atoms with Crippen molar-refractivity contribution in [3.8, 4) is 0 Å². The van der Waals surface area contributed by atoms with Crippen molar-refractivity contribution in [2.75, 3.05) is 0 Å². The van der Waals surface area contributed by atoms with Crippen LogP contribution in [-0.4, -0.2) is 0 Å². The quantitative estimate of drug-likeness (QED) is 0.286. The van der Waals surface area contributed by atoms with Gasteiger partial charge in [0, 0.05) is 11.1 Å². The first-order valence-corrected chi connectivity index (χ1v) is 9.51. The van der Waals surface area contributed by atoms with Gasteiger partial charge in [-0.3, -0.25) is 0 Å². The van der Waals surface area contributed by atoms with Crippen LogP contribution in [0, 0.1) is 11.8 Å². The van der Waals surface area contributed by atoms with Crippen LogP contribution >= 0.6 is 0 Å². The Morgan fingerprint density at radius 3 is 1.69 bits per heavy atom. The van der Waals surface area contributed by atoms with Gasteiger partial charge in [-0.05, 0) is 53.5 Å². The number of hydrogen-bond donors (Lipinski definition) is 0. The SMILES string of the molecule is C=C(/C=C\C(=C)C(=C)/C(F)=C\C(=C)C(C)CCC(C)C)C(=C)/C(F)=C(/F)C(=C)C. The summed E-state index contributed by atoms with van der Waals surface area (Å²) >= 11 is 0. The summed E-state index contributed by atoms with van der Waals surface area (Å²) in [7, 11) is 0. The molecule has 0 rings (SSSR count). The summed E-state index contributed by atoms with van der Waals surface area (Å²) in [6.07, 6.45) is 6.14. The maximum atomic E-state index is 14.5. The largest absolute Gasteiger partial charge is 0.206 e. The average molecular weight is 403 g/mol. The molecular formula is C26H33F3. The molecule has 3 heteroatoms. The van der Waals surface area contributed by atoms with Gasteiger partial charge in [0.05, 0.1) is 0 Å². The second-order valence-corrected chi connectivity index (χ2v) is 7.69. The van der Waals surface area contributed by atoms with Gasteiger partial charge in [0.15, 0.2) is 11.7 Å². The van der Waals surface area contributed by atoms with Crippen molar-refractivity contribution in [3.63, 3.8) is 0 Å². The first-order chi connectivity index (χ1) is 13.3. The molecule has 0 nitrogen and oxygen atoms in total. The van der Waals surface area contributed by atoms with Crippen molar-refractivity contribution >= 4 is 0 Å². The van der Waals surface area contributed by atoms with Crippen molar-refractivity contribution in [2.45, 2.75) is 40.5 Å². The molecule has 0 aromatic carbocycles. The second kappa shape index (κ2) is 12.1. The number of halogens is 3. The fraction of sp³-hybridized carbons (Fsp3) is 0.308. The lowest BCUT2D eigenvalue weighted by Gasteiger charge is -2.14. The zero-order valence-electron chi connectivity index (χ0n) is 18.2. The molecule has 0 aliphatic rings. The Morgan fingerprint density at radius 1 is 0.759 bits per heavy atom. The topological polar surface area (TPSA) is 0 Å². The Kier molecular flexibility index (Phi) is 11.0. The van der Waals surface area contributed by atoms with E-state index in [0.717, 1.165) is 12.8 Å². The minimum atomic E-state index is -1.13. The van der Waals surface area contributed by atoms with Gasteiger partial charge < -0.3 is 0 Å². The van der Waals surface area contributed by atoms with Crippen LogP contribution in [0.4, 0.5) is 13.2 Å². The predicted molar refractivity (Wildman–Crippen MR) is 121 cm³/mol. The van der Waals surface area contributed by atoms with Crippen LogP contribution in [0.3, 0.4) is 0 Å². The fourth-order valence-corrected chi connectivity index (χ4v) is 2.18. The molecule has 0 heterocycles. The molecule has 0 amide bonds. The molecule has 0 bridgehead atoms. The Bertz CT molecular complexity index is 798. The maximum Gasteiger partial charge on any atom is 0.166 e. The standard InChI is InChI=1S/C26H33F3/c1-16(2)11-12-18(5)21(8)15-24(27)22(9)19(6)13-14-20(7)23(10)26(29)25(28)17(3)4/h13-16,18H,3,6-12H2,1-2,4-5H3/b14-13-,24-15+,26-25-. The average Bonchev–Trinajstić information content (AvgIpc) is 2.66. The van der Waals surface area contributed by atoms with Gasteiger partial charge in [-0.2, -0.15) is 0 Å². The van der Waals surface area contributed by atoms with E-state index in [1.54, 1.807) is 0 Å². The minimum Gasteiger partial charge on any atom is -0.206 e.